The van der Waals surface area contributed by atoms with E-state index in [2.05, 4.69) is 28.4 Å². The molecule has 0 spiro atoms. The number of hydrogen-bond donors (Lipinski definition) is 0. The van der Waals surface area contributed by atoms with Gasteiger partial charge in [-0.2, -0.15) is 0 Å². The Morgan fingerprint density at radius 1 is 1.48 bits per heavy atom. The predicted octanol–water partition coefficient (Wildman–Crippen LogP) is 3.30. The SMILES string of the molecule is CCc1nc2c(s1)[C@H](N(C)CCCn1ccnc1)CCC2. The summed E-state index contributed by atoms with van der Waals surface area (Å²) in [5.41, 5.74) is 1.37. The summed E-state index contributed by atoms with van der Waals surface area (Å²) in [6.07, 6.45) is 11.7. The fourth-order valence-corrected chi connectivity index (χ4v) is 4.35. The normalized spacial score (nSPS) is 18.1. The molecule has 0 saturated carbocycles. The molecule has 0 amide bonds. The second kappa shape index (κ2) is 6.71. The summed E-state index contributed by atoms with van der Waals surface area (Å²) in [7, 11) is 2.26. The van der Waals surface area contributed by atoms with Crippen LogP contribution in [0.3, 0.4) is 0 Å². The highest BCUT2D eigenvalue weighted by molar-refractivity contribution is 7.11. The maximum atomic E-state index is 4.80. The zero-order valence-corrected chi connectivity index (χ0v) is 13.8. The number of aromatic nitrogens is 3. The Balaban J connectivity index is 1.60. The smallest absolute Gasteiger partial charge is 0.0945 e. The summed E-state index contributed by atoms with van der Waals surface area (Å²) in [5.74, 6) is 0. The Morgan fingerprint density at radius 2 is 2.38 bits per heavy atom. The van der Waals surface area contributed by atoms with Crippen molar-refractivity contribution in [3.63, 3.8) is 0 Å². The van der Waals surface area contributed by atoms with Gasteiger partial charge in [-0.3, -0.25) is 4.90 Å². The highest BCUT2D eigenvalue weighted by atomic mass is 32.1. The van der Waals surface area contributed by atoms with Crippen LogP contribution in [0, 0.1) is 0 Å². The molecule has 21 heavy (non-hydrogen) atoms. The second-order valence-corrected chi connectivity index (χ2v) is 6.93. The molecule has 0 aliphatic heterocycles. The summed E-state index contributed by atoms with van der Waals surface area (Å²) in [6.45, 7) is 4.38. The van der Waals surface area contributed by atoms with Crippen molar-refractivity contribution >= 4 is 11.3 Å². The lowest BCUT2D eigenvalue weighted by Crippen LogP contribution is -2.28. The highest BCUT2D eigenvalue weighted by Crippen LogP contribution is 2.37. The number of thiazole rings is 1. The first-order chi connectivity index (χ1) is 10.3. The Kier molecular flexibility index (Phi) is 4.70. The minimum absolute atomic E-state index is 0.578. The quantitative estimate of drug-likeness (QED) is 0.821. The first-order valence-corrected chi connectivity index (χ1v) is 8.74. The van der Waals surface area contributed by atoms with Crippen LogP contribution in [-0.2, 0) is 19.4 Å². The molecule has 0 fully saturated rings. The lowest BCUT2D eigenvalue weighted by Gasteiger charge is -2.30. The summed E-state index contributed by atoms with van der Waals surface area (Å²) in [5, 5.41) is 1.30. The molecule has 0 unspecified atom stereocenters. The van der Waals surface area contributed by atoms with E-state index in [4.69, 9.17) is 4.98 Å². The van der Waals surface area contributed by atoms with Gasteiger partial charge in [-0.25, -0.2) is 9.97 Å². The zero-order chi connectivity index (χ0) is 14.7. The molecule has 1 aliphatic rings. The summed E-state index contributed by atoms with van der Waals surface area (Å²) in [6, 6.07) is 0.578. The molecule has 4 nitrogen and oxygen atoms in total. The van der Waals surface area contributed by atoms with Crippen LogP contribution >= 0.6 is 11.3 Å². The van der Waals surface area contributed by atoms with Gasteiger partial charge in [0, 0.05) is 36.4 Å². The maximum Gasteiger partial charge on any atom is 0.0945 e. The van der Waals surface area contributed by atoms with E-state index in [1.165, 1.54) is 34.8 Å². The molecule has 2 aromatic rings. The molecule has 2 aromatic heterocycles. The molecule has 0 radical (unpaired) electrons. The Morgan fingerprint density at radius 3 is 3.14 bits per heavy atom. The van der Waals surface area contributed by atoms with Crippen molar-refractivity contribution in [2.45, 2.75) is 51.6 Å². The zero-order valence-electron chi connectivity index (χ0n) is 13.0. The number of aryl methyl sites for hydroxylation is 3. The molecule has 0 aromatic carbocycles. The number of rotatable bonds is 6. The largest absolute Gasteiger partial charge is 0.337 e. The van der Waals surface area contributed by atoms with Crippen molar-refractivity contribution in [1.82, 2.24) is 19.4 Å². The number of nitrogens with zero attached hydrogens (tertiary/aromatic N) is 4. The maximum absolute atomic E-state index is 4.80. The molecule has 1 atom stereocenters. The predicted molar refractivity (Wildman–Crippen MR) is 86.6 cm³/mol. The van der Waals surface area contributed by atoms with Crippen molar-refractivity contribution in [3.8, 4) is 0 Å². The fraction of sp³-hybridized carbons (Fsp3) is 0.625. The van der Waals surface area contributed by atoms with Gasteiger partial charge in [0.25, 0.3) is 0 Å². The standard InChI is InChI=1S/C16H24N4S/c1-3-15-18-13-6-4-7-14(16(13)21-15)19(2)9-5-10-20-11-8-17-12-20/h8,11-12,14H,3-7,9-10H2,1-2H3/t14-/m1/s1. The molecule has 1 aliphatic carbocycles. The first kappa shape index (κ1) is 14.7. The van der Waals surface area contributed by atoms with Gasteiger partial charge in [0.15, 0.2) is 0 Å². The van der Waals surface area contributed by atoms with Gasteiger partial charge in [-0.15, -0.1) is 11.3 Å². The van der Waals surface area contributed by atoms with E-state index in [1.807, 2.05) is 30.1 Å². The van der Waals surface area contributed by atoms with Gasteiger partial charge in [-0.1, -0.05) is 6.92 Å². The van der Waals surface area contributed by atoms with E-state index in [0.717, 1.165) is 25.9 Å². The van der Waals surface area contributed by atoms with Gasteiger partial charge in [0.1, 0.15) is 0 Å². The van der Waals surface area contributed by atoms with Gasteiger partial charge in [0.05, 0.1) is 17.0 Å². The molecular weight excluding hydrogens is 280 g/mol. The molecule has 3 rings (SSSR count). The topological polar surface area (TPSA) is 34.0 Å². The van der Waals surface area contributed by atoms with E-state index >= 15 is 0 Å². The van der Waals surface area contributed by atoms with Crippen molar-refractivity contribution < 1.29 is 0 Å². The second-order valence-electron chi connectivity index (χ2n) is 5.81. The Hall–Kier alpha value is -1.20. The van der Waals surface area contributed by atoms with Crippen LogP contribution < -0.4 is 0 Å². The summed E-state index contributed by atoms with van der Waals surface area (Å²) >= 11 is 1.93. The van der Waals surface area contributed by atoms with Crippen molar-refractivity contribution in [2.24, 2.45) is 0 Å². The van der Waals surface area contributed by atoms with E-state index in [9.17, 15) is 0 Å². The third kappa shape index (κ3) is 3.35. The number of hydrogen-bond acceptors (Lipinski definition) is 4. The fourth-order valence-electron chi connectivity index (χ4n) is 3.10. The van der Waals surface area contributed by atoms with E-state index in [-0.39, 0.29) is 0 Å². The molecular formula is C16H24N4S. The van der Waals surface area contributed by atoms with Gasteiger partial charge < -0.3 is 4.57 Å². The van der Waals surface area contributed by atoms with Gasteiger partial charge in [0.2, 0.25) is 0 Å². The Labute approximate surface area is 130 Å². The Bertz CT molecular complexity index is 561. The van der Waals surface area contributed by atoms with E-state index in [0.29, 0.717) is 6.04 Å². The number of fused-ring (bicyclic) bond motifs is 1. The lowest BCUT2D eigenvalue weighted by atomic mass is 9.97. The van der Waals surface area contributed by atoms with Crippen LogP contribution in [0.25, 0.3) is 0 Å². The molecule has 2 heterocycles. The number of imidazole rings is 1. The molecule has 0 bridgehead atoms. The summed E-state index contributed by atoms with van der Waals surface area (Å²) < 4.78 is 2.15. The average molecular weight is 304 g/mol. The van der Waals surface area contributed by atoms with Crippen LogP contribution in [-0.4, -0.2) is 33.0 Å². The van der Waals surface area contributed by atoms with Crippen LogP contribution in [0.15, 0.2) is 18.7 Å². The van der Waals surface area contributed by atoms with Crippen LogP contribution in [0.2, 0.25) is 0 Å². The lowest BCUT2D eigenvalue weighted by molar-refractivity contribution is 0.218. The summed E-state index contributed by atoms with van der Waals surface area (Å²) in [4.78, 5) is 12.9. The van der Waals surface area contributed by atoms with E-state index in [1.54, 1.807) is 0 Å². The third-order valence-electron chi connectivity index (χ3n) is 4.29. The van der Waals surface area contributed by atoms with Crippen molar-refractivity contribution in [1.29, 1.82) is 0 Å². The molecule has 0 N–H and O–H groups in total. The van der Waals surface area contributed by atoms with Gasteiger partial charge >= 0.3 is 0 Å². The highest BCUT2D eigenvalue weighted by Gasteiger charge is 2.26. The molecule has 0 saturated heterocycles. The van der Waals surface area contributed by atoms with Crippen LogP contribution in [0.5, 0.6) is 0 Å². The minimum Gasteiger partial charge on any atom is -0.337 e. The van der Waals surface area contributed by atoms with Gasteiger partial charge in [-0.05, 0) is 39.2 Å². The first-order valence-electron chi connectivity index (χ1n) is 7.92. The van der Waals surface area contributed by atoms with E-state index < -0.39 is 0 Å². The molecule has 5 heteroatoms. The molecule has 114 valence electrons. The van der Waals surface area contributed by atoms with Crippen LogP contribution in [0.1, 0.15) is 47.8 Å². The average Bonchev–Trinajstić information content (AvgIpc) is 3.15. The van der Waals surface area contributed by atoms with Crippen molar-refractivity contribution in [2.75, 3.05) is 13.6 Å². The third-order valence-corrected chi connectivity index (χ3v) is 5.63. The van der Waals surface area contributed by atoms with Crippen molar-refractivity contribution in [3.05, 3.63) is 34.3 Å². The monoisotopic (exact) mass is 304 g/mol. The van der Waals surface area contributed by atoms with Crippen LogP contribution in [0.4, 0.5) is 0 Å². The minimum atomic E-state index is 0.578.